The zero-order chi connectivity index (χ0) is 22.1. The summed E-state index contributed by atoms with van der Waals surface area (Å²) < 4.78 is 45.4. The first-order valence-electron chi connectivity index (χ1n) is 9.71. The quantitative estimate of drug-likeness (QED) is 0.563. The third kappa shape index (κ3) is 3.69. The van der Waals surface area contributed by atoms with Crippen LogP contribution in [-0.4, -0.2) is 31.4 Å². The molecule has 0 aromatic heterocycles. The monoisotopic (exact) mass is 446 g/mol. The van der Waals surface area contributed by atoms with Gasteiger partial charge >= 0.3 is 5.97 Å². The maximum absolute atomic E-state index is 14.6. The van der Waals surface area contributed by atoms with E-state index in [-0.39, 0.29) is 16.2 Å². The maximum Gasteiger partial charge on any atom is 0.338 e. The number of allylic oxidation sites excluding steroid dienone is 1. The zero-order valence-electron chi connectivity index (χ0n) is 16.9. The number of carbonyl (C=O) groups excluding carboxylic acids is 1. The number of hydrogen-bond acceptors (Lipinski definition) is 5. The number of nitrogens with one attached hydrogen (secondary N) is 1. The lowest BCUT2D eigenvalue weighted by molar-refractivity contribution is -0.136. The molecule has 9 heteroatoms. The van der Waals surface area contributed by atoms with E-state index in [2.05, 4.69) is 5.32 Å². The van der Waals surface area contributed by atoms with Crippen molar-refractivity contribution in [2.45, 2.75) is 19.4 Å². The van der Waals surface area contributed by atoms with Crippen LogP contribution in [0.25, 0.3) is 0 Å². The highest BCUT2D eigenvalue weighted by Crippen LogP contribution is 2.40. The molecule has 2 aliphatic rings. The van der Waals surface area contributed by atoms with Gasteiger partial charge in [-0.25, -0.2) is 13.6 Å². The van der Waals surface area contributed by atoms with Gasteiger partial charge in [-0.2, -0.15) is 0 Å². The van der Waals surface area contributed by atoms with Gasteiger partial charge in [-0.05, 0) is 42.9 Å². The smallest absolute Gasteiger partial charge is 0.338 e. The number of hydrogen-bond donors (Lipinski definition) is 1. The van der Waals surface area contributed by atoms with Gasteiger partial charge in [0.05, 0.1) is 30.0 Å². The normalized spacial score (nSPS) is 18.0. The third-order valence-corrected chi connectivity index (χ3v) is 5.45. The van der Waals surface area contributed by atoms with E-state index >= 15 is 0 Å². The number of benzene rings is 2. The number of nitrogens with zero attached hydrogens (tertiary/aromatic N) is 1. The molecular formula is C22H20F2N2O4S. The molecule has 4 rings (SSSR count). The number of esters is 1. The first-order chi connectivity index (χ1) is 15.0. The molecule has 0 radical (unpaired) electrons. The van der Waals surface area contributed by atoms with Crippen molar-refractivity contribution in [3.05, 3.63) is 64.9 Å². The van der Waals surface area contributed by atoms with E-state index < -0.39 is 23.6 Å². The Bertz CT molecular complexity index is 1070. The van der Waals surface area contributed by atoms with Crippen molar-refractivity contribution in [2.24, 2.45) is 0 Å². The predicted octanol–water partition coefficient (Wildman–Crippen LogP) is 4.01. The van der Waals surface area contributed by atoms with Crippen LogP contribution < -0.4 is 19.7 Å². The van der Waals surface area contributed by atoms with Gasteiger partial charge in [-0.1, -0.05) is 13.0 Å². The third-order valence-electron chi connectivity index (χ3n) is 5.15. The van der Waals surface area contributed by atoms with Gasteiger partial charge in [0.25, 0.3) is 0 Å². The maximum atomic E-state index is 14.6. The van der Waals surface area contributed by atoms with Crippen molar-refractivity contribution < 1.29 is 27.8 Å². The molecular weight excluding hydrogens is 426 g/mol. The Balaban J connectivity index is 1.89. The summed E-state index contributed by atoms with van der Waals surface area (Å²) in [6.45, 7) is 2.70. The molecule has 0 amide bonds. The minimum Gasteiger partial charge on any atom is -0.486 e. The molecule has 1 N–H and O–H groups in total. The average Bonchev–Trinajstić information content (AvgIpc) is 2.77. The van der Waals surface area contributed by atoms with Crippen molar-refractivity contribution in [3.8, 4) is 11.5 Å². The van der Waals surface area contributed by atoms with E-state index in [9.17, 15) is 13.6 Å². The summed E-state index contributed by atoms with van der Waals surface area (Å²) in [4.78, 5) is 14.4. The number of fused-ring (bicyclic) bond motifs is 1. The van der Waals surface area contributed by atoms with Gasteiger partial charge in [-0.3, -0.25) is 4.90 Å². The Morgan fingerprint density at radius 2 is 1.87 bits per heavy atom. The number of halogens is 2. The molecule has 162 valence electrons. The lowest BCUT2D eigenvalue weighted by atomic mass is 9.92. The van der Waals surface area contributed by atoms with Crippen molar-refractivity contribution in [2.75, 3.05) is 25.2 Å². The summed E-state index contributed by atoms with van der Waals surface area (Å²) in [5, 5.41) is 3.11. The van der Waals surface area contributed by atoms with Crippen LogP contribution in [0.15, 0.2) is 47.7 Å². The molecule has 0 saturated carbocycles. The first kappa shape index (κ1) is 21.0. The van der Waals surface area contributed by atoms with Crippen LogP contribution in [0.1, 0.15) is 24.9 Å². The molecule has 0 spiro atoms. The highest BCUT2D eigenvalue weighted by atomic mass is 32.1. The second kappa shape index (κ2) is 8.50. The summed E-state index contributed by atoms with van der Waals surface area (Å²) >= 11 is 5.56. The van der Waals surface area contributed by atoms with Gasteiger partial charge in [-0.15, -0.1) is 0 Å². The van der Waals surface area contributed by atoms with Crippen molar-refractivity contribution in [1.82, 2.24) is 5.32 Å². The number of thiocarbonyl (C=S) groups is 1. The standard InChI is InChI=1S/C22H20F2N2O4S/c1-3-15-19(21(27)28-2)20(18-13(23)5-4-6-14(18)24)25-22(31)26(15)12-7-8-16-17(11-12)30-10-9-29-16/h4-8,11,20H,3,9-10H2,1-2H3,(H,25,31)/t20-/m1/s1. The number of methoxy groups -OCH3 is 1. The average molecular weight is 446 g/mol. The lowest BCUT2D eigenvalue weighted by Gasteiger charge is -2.38. The predicted molar refractivity (Wildman–Crippen MR) is 114 cm³/mol. The van der Waals surface area contributed by atoms with E-state index in [1.54, 1.807) is 23.1 Å². The van der Waals surface area contributed by atoms with Crippen LogP contribution in [0.4, 0.5) is 14.5 Å². The molecule has 0 fully saturated rings. The molecule has 0 unspecified atom stereocenters. The Morgan fingerprint density at radius 1 is 1.19 bits per heavy atom. The summed E-state index contributed by atoms with van der Waals surface area (Å²) in [6, 6.07) is 7.67. The van der Waals surface area contributed by atoms with Gasteiger partial charge < -0.3 is 19.5 Å². The number of anilines is 1. The highest BCUT2D eigenvalue weighted by Gasteiger charge is 2.39. The SMILES string of the molecule is CCC1=C(C(=O)OC)[C@@H](c2c(F)cccc2F)NC(=S)N1c1ccc2c(c1)OCCO2. The molecule has 2 aromatic rings. The Morgan fingerprint density at radius 3 is 2.52 bits per heavy atom. The van der Waals surface area contributed by atoms with Crippen LogP contribution in [0.5, 0.6) is 11.5 Å². The zero-order valence-corrected chi connectivity index (χ0v) is 17.7. The largest absolute Gasteiger partial charge is 0.486 e. The Hall–Kier alpha value is -3.20. The van der Waals surface area contributed by atoms with Gasteiger partial charge in [0.15, 0.2) is 16.6 Å². The van der Waals surface area contributed by atoms with Gasteiger partial charge in [0, 0.05) is 11.8 Å². The van der Waals surface area contributed by atoms with E-state index in [4.69, 9.17) is 26.4 Å². The Kier molecular flexibility index (Phi) is 5.77. The first-order valence-corrected chi connectivity index (χ1v) is 10.1. The fraction of sp³-hybridized carbons (Fsp3) is 0.273. The van der Waals surface area contributed by atoms with E-state index in [1.807, 2.05) is 6.92 Å². The highest BCUT2D eigenvalue weighted by molar-refractivity contribution is 7.80. The number of carbonyl (C=O) groups is 1. The fourth-order valence-corrected chi connectivity index (χ4v) is 4.14. The van der Waals surface area contributed by atoms with E-state index in [1.165, 1.54) is 13.2 Å². The van der Waals surface area contributed by atoms with Crippen molar-refractivity contribution in [1.29, 1.82) is 0 Å². The fourth-order valence-electron chi connectivity index (χ4n) is 3.81. The van der Waals surface area contributed by atoms with Crippen LogP contribution in [-0.2, 0) is 9.53 Å². The lowest BCUT2D eigenvalue weighted by Crippen LogP contribution is -2.49. The van der Waals surface area contributed by atoms with E-state index in [0.29, 0.717) is 42.5 Å². The number of ether oxygens (including phenoxy) is 3. The molecule has 6 nitrogen and oxygen atoms in total. The molecule has 0 saturated heterocycles. The molecule has 0 aliphatic carbocycles. The van der Waals surface area contributed by atoms with E-state index in [0.717, 1.165) is 12.1 Å². The summed E-state index contributed by atoms with van der Waals surface area (Å²) in [6.07, 6.45) is 0.354. The molecule has 31 heavy (non-hydrogen) atoms. The van der Waals surface area contributed by atoms with Crippen LogP contribution in [0.2, 0.25) is 0 Å². The van der Waals surface area contributed by atoms with Crippen molar-refractivity contribution in [3.63, 3.8) is 0 Å². The summed E-state index contributed by atoms with van der Waals surface area (Å²) in [7, 11) is 1.22. The second-order valence-corrected chi connectivity index (χ2v) is 7.27. The minimum absolute atomic E-state index is 0.0810. The van der Waals surface area contributed by atoms with Gasteiger partial charge in [0.2, 0.25) is 0 Å². The molecule has 2 heterocycles. The van der Waals surface area contributed by atoms with Crippen LogP contribution in [0.3, 0.4) is 0 Å². The van der Waals surface area contributed by atoms with Crippen molar-refractivity contribution >= 4 is 29.0 Å². The van der Waals surface area contributed by atoms with Crippen LogP contribution in [0, 0.1) is 11.6 Å². The molecule has 1 atom stereocenters. The molecule has 2 aliphatic heterocycles. The van der Waals surface area contributed by atoms with Gasteiger partial charge in [0.1, 0.15) is 24.8 Å². The second-order valence-electron chi connectivity index (χ2n) is 6.89. The number of rotatable bonds is 4. The summed E-state index contributed by atoms with van der Waals surface area (Å²) in [5.74, 6) is -1.13. The molecule has 2 aromatic carbocycles. The summed E-state index contributed by atoms with van der Waals surface area (Å²) in [5.41, 5.74) is 0.878. The van der Waals surface area contributed by atoms with Crippen LogP contribution >= 0.6 is 12.2 Å². The molecule has 0 bridgehead atoms. The minimum atomic E-state index is -1.13. The Labute approximate surface area is 183 Å². The topological polar surface area (TPSA) is 60.0 Å².